The molecule has 0 bridgehead atoms. The van der Waals surface area contributed by atoms with Crippen LogP contribution in [0.2, 0.25) is 0 Å². The van der Waals surface area contributed by atoms with Crippen LogP contribution in [0.4, 0.5) is 0 Å². The zero-order valence-electron chi connectivity index (χ0n) is 12.4. The van der Waals surface area contributed by atoms with E-state index >= 15 is 0 Å². The molecular weight excluding hydrogens is 290 g/mol. The van der Waals surface area contributed by atoms with Crippen molar-refractivity contribution in [1.82, 2.24) is 9.97 Å². The lowest BCUT2D eigenvalue weighted by Gasteiger charge is -2.02. The Morgan fingerprint density at radius 2 is 1.95 bits per heavy atom. The Balaban J connectivity index is 0.000000847. The molecule has 22 heavy (non-hydrogen) atoms. The number of oxazole rings is 2. The van der Waals surface area contributed by atoms with Gasteiger partial charge < -0.3 is 18.3 Å². The standard InChI is InChI=1S/C12H9N3O5.C2H6/c1-17-12(16)9-5-20-11(15-9)8-4-19-10(14-8)7-2-3-18-6-13-7;1-2/h2,4-6H,3H2,1H3;1-2H3. The van der Waals surface area contributed by atoms with Crippen LogP contribution in [0.1, 0.15) is 30.2 Å². The summed E-state index contributed by atoms with van der Waals surface area (Å²) in [5.74, 6) is -0.102. The number of nitrogens with zero attached hydrogens (tertiary/aromatic N) is 3. The first-order chi connectivity index (χ1) is 10.8. The maximum Gasteiger partial charge on any atom is 0.360 e. The van der Waals surface area contributed by atoms with Crippen molar-refractivity contribution in [2.24, 2.45) is 4.99 Å². The number of aromatic nitrogens is 2. The van der Waals surface area contributed by atoms with Gasteiger partial charge in [-0.1, -0.05) is 13.8 Å². The van der Waals surface area contributed by atoms with E-state index in [1.807, 2.05) is 13.8 Å². The van der Waals surface area contributed by atoms with Crippen LogP contribution in [0.15, 0.2) is 32.4 Å². The number of methoxy groups -OCH3 is 1. The lowest BCUT2D eigenvalue weighted by atomic mass is 10.4. The number of esters is 1. The highest BCUT2D eigenvalue weighted by molar-refractivity contribution is 5.87. The van der Waals surface area contributed by atoms with Gasteiger partial charge >= 0.3 is 5.97 Å². The number of carbonyl (C=O) groups excluding carboxylic acids is 1. The molecule has 0 fully saturated rings. The van der Waals surface area contributed by atoms with Crippen molar-refractivity contribution in [3.8, 4) is 11.6 Å². The van der Waals surface area contributed by atoms with Gasteiger partial charge in [-0.3, -0.25) is 0 Å². The van der Waals surface area contributed by atoms with Gasteiger partial charge in [0.1, 0.15) is 24.8 Å². The second-order valence-electron chi connectivity index (χ2n) is 3.72. The van der Waals surface area contributed by atoms with Crippen molar-refractivity contribution in [3.05, 3.63) is 30.2 Å². The molecular formula is C14H15N3O5. The van der Waals surface area contributed by atoms with E-state index in [1.54, 1.807) is 6.08 Å². The fourth-order valence-electron chi connectivity index (χ4n) is 1.54. The third-order valence-electron chi connectivity index (χ3n) is 2.48. The van der Waals surface area contributed by atoms with Crippen molar-refractivity contribution >= 4 is 18.1 Å². The van der Waals surface area contributed by atoms with Gasteiger partial charge in [-0.15, -0.1) is 0 Å². The second-order valence-corrected chi connectivity index (χ2v) is 3.72. The van der Waals surface area contributed by atoms with Gasteiger partial charge in [0, 0.05) is 0 Å². The van der Waals surface area contributed by atoms with Gasteiger partial charge in [-0.25, -0.2) is 19.8 Å². The molecule has 0 radical (unpaired) electrons. The van der Waals surface area contributed by atoms with E-state index in [4.69, 9.17) is 13.6 Å². The van der Waals surface area contributed by atoms with Gasteiger partial charge in [0.15, 0.2) is 17.8 Å². The van der Waals surface area contributed by atoms with E-state index in [9.17, 15) is 4.79 Å². The Bertz CT molecular complexity index is 699. The zero-order chi connectivity index (χ0) is 15.9. The van der Waals surface area contributed by atoms with Crippen molar-refractivity contribution in [1.29, 1.82) is 0 Å². The quantitative estimate of drug-likeness (QED) is 0.803. The van der Waals surface area contributed by atoms with Crippen LogP contribution in [0, 0.1) is 0 Å². The molecule has 8 heteroatoms. The third kappa shape index (κ3) is 3.22. The van der Waals surface area contributed by atoms with Crippen molar-refractivity contribution in [2.45, 2.75) is 13.8 Å². The highest BCUT2D eigenvalue weighted by Crippen LogP contribution is 2.23. The lowest BCUT2D eigenvalue weighted by molar-refractivity contribution is 0.0594. The molecule has 0 unspecified atom stereocenters. The molecule has 0 atom stereocenters. The SMILES string of the molecule is CC.COC(=O)c1coc(-c2coc(C3=CCOC=N3)n2)n1. The molecule has 0 saturated carbocycles. The Kier molecular flexibility index (Phi) is 5.07. The maximum atomic E-state index is 11.3. The molecule has 0 aromatic carbocycles. The van der Waals surface area contributed by atoms with Crippen LogP contribution in [-0.4, -0.2) is 36.1 Å². The minimum absolute atomic E-state index is 0.0651. The van der Waals surface area contributed by atoms with E-state index in [-0.39, 0.29) is 11.6 Å². The average Bonchev–Trinajstić information content (AvgIpc) is 3.26. The maximum absolute atomic E-state index is 11.3. The van der Waals surface area contributed by atoms with E-state index in [0.717, 1.165) is 0 Å². The Hall–Kier alpha value is -2.90. The minimum Gasteiger partial charge on any atom is -0.479 e. The number of hydrogen-bond donors (Lipinski definition) is 0. The fourth-order valence-corrected chi connectivity index (χ4v) is 1.54. The molecule has 8 nitrogen and oxygen atoms in total. The van der Waals surface area contributed by atoms with Gasteiger partial charge in [-0.05, 0) is 6.08 Å². The normalized spacial score (nSPS) is 12.8. The highest BCUT2D eigenvalue weighted by atomic mass is 16.5. The van der Waals surface area contributed by atoms with Crippen LogP contribution in [0.3, 0.4) is 0 Å². The predicted octanol–water partition coefficient (Wildman–Crippen LogP) is 2.54. The van der Waals surface area contributed by atoms with Crippen LogP contribution < -0.4 is 0 Å². The van der Waals surface area contributed by atoms with Gasteiger partial charge in [0.05, 0.1) is 7.11 Å². The largest absolute Gasteiger partial charge is 0.479 e. The summed E-state index contributed by atoms with van der Waals surface area (Å²) < 4.78 is 19.9. The van der Waals surface area contributed by atoms with Gasteiger partial charge in [0.2, 0.25) is 11.8 Å². The zero-order valence-corrected chi connectivity index (χ0v) is 12.4. The van der Waals surface area contributed by atoms with E-state index < -0.39 is 5.97 Å². The summed E-state index contributed by atoms with van der Waals surface area (Å²) >= 11 is 0. The Morgan fingerprint density at radius 1 is 1.18 bits per heavy atom. The van der Waals surface area contributed by atoms with Crippen LogP contribution in [-0.2, 0) is 9.47 Å². The molecule has 0 spiro atoms. The predicted molar refractivity (Wildman–Crippen MR) is 77.1 cm³/mol. The Labute approximate surface area is 126 Å². The summed E-state index contributed by atoms with van der Waals surface area (Å²) in [6, 6.07) is 0. The molecule has 2 aromatic heterocycles. The molecule has 0 N–H and O–H groups in total. The summed E-state index contributed by atoms with van der Waals surface area (Å²) in [6.45, 7) is 4.40. The van der Waals surface area contributed by atoms with Crippen LogP contribution in [0.25, 0.3) is 17.3 Å². The topological polar surface area (TPSA) is 100.0 Å². The first-order valence-electron chi connectivity index (χ1n) is 6.62. The average molecular weight is 305 g/mol. The first kappa shape index (κ1) is 15.5. The van der Waals surface area contributed by atoms with E-state index in [1.165, 1.54) is 26.0 Å². The van der Waals surface area contributed by atoms with E-state index in [2.05, 4.69) is 19.7 Å². The van der Waals surface area contributed by atoms with Gasteiger partial charge in [0.25, 0.3) is 0 Å². The summed E-state index contributed by atoms with van der Waals surface area (Å²) in [7, 11) is 1.26. The molecule has 0 saturated heterocycles. The molecule has 3 heterocycles. The van der Waals surface area contributed by atoms with Gasteiger partial charge in [-0.2, -0.15) is 0 Å². The third-order valence-corrected chi connectivity index (χ3v) is 2.48. The summed E-state index contributed by atoms with van der Waals surface area (Å²) in [4.78, 5) is 23.4. The smallest absolute Gasteiger partial charge is 0.360 e. The number of rotatable bonds is 3. The second kappa shape index (κ2) is 7.21. The number of aliphatic imine (C=N–C) groups is 1. The first-order valence-corrected chi connectivity index (χ1v) is 6.62. The molecule has 0 aliphatic carbocycles. The molecule has 2 aromatic rings. The van der Waals surface area contributed by atoms with Crippen molar-refractivity contribution in [2.75, 3.05) is 13.7 Å². The lowest BCUT2D eigenvalue weighted by Crippen LogP contribution is -2.01. The Morgan fingerprint density at radius 3 is 2.64 bits per heavy atom. The van der Waals surface area contributed by atoms with Crippen molar-refractivity contribution < 1.29 is 23.1 Å². The van der Waals surface area contributed by atoms with Crippen molar-refractivity contribution in [3.63, 3.8) is 0 Å². The van der Waals surface area contributed by atoms with Crippen LogP contribution in [0.5, 0.6) is 0 Å². The molecule has 3 rings (SSSR count). The molecule has 1 aliphatic rings. The summed E-state index contributed by atoms with van der Waals surface area (Å²) in [5, 5.41) is 0. The number of ether oxygens (including phenoxy) is 2. The van der Waals surface area contributed by atoms with E-state index in [0.29, 0.717) is 23.9 Å². The monoisotopic (exact) mass is 305 g/mol. The number of hydrogen-bond acceptors (Lipinski definition) is 8. The number of carbonyl (C=O) groups is 1. The molecule has 1 aliphatic heterocycles. The summed E-state index contributed by atoms with van der Waals surface area (Å²) in [5.41, 5.74) is 0.982. The summed E-state index contributed by atoms with van der Waals surface area (Å²) in [6.07, 6.45) is 5.61. The highest BCUT2D eigenvalue weighted by Gasteiger charge is 2.18. The van der Waals surface area contributed by atoms with Crippen LogP contribution >= 0.6 is 0 Å². The molecule has 116 valence electrons. The molecule has 0 amide bonds. The fraction of sp³-hybridized carbons (Fsp3) is 0.286. The minimum atomic E-state index is -0.583.